The van der Waals surface area contributed by atoms with E-state index in [2.05, 4.69) is 5.32 Å². The van der Waals surface area contributed by atoms with Gasteiger partial charge in [0, 0.05) is 0 Å². The van der Waals surface area contributed by atoms with Gasteiger partial charge in [-0.2, -0.15) is 11.8 Å². The van der Waals surface area contributed by atoms with Gasteiger partial charge < -0.3 is 9.73 Å². The van der Waals surface area contributed by atoms with Crippen LogP contribution in [0.1, 0.15) is 11.5 Å². The predicted molar refractivity (Wildman–Crippen MR) is 82.4 cm³/mol. The van der Waals surface area contributed by atoms with Gasteiger partial charge in [0.15, 0.2) is 0 Å². The fraction of sp³-hybridized carbons (Fsp3) is 0.231. The van der Waals surface area contributed by atoms with Gasteiger partial charge in [-0.15, -0.1) is 0 Å². The maximum atomic E-state index is 13.3. The lowest BCUT2D eigenvalue weighted by molar-refractivity contribution is 0.487. The van der Waals surface area contributed by atoms with E-state index in [1.807, 2.05) is 47.0 Å². The number of furan rings is 1. The molecule has 0 aliphatic carbocycles. The number of thioether (sulfide) groups is 1. The summed E-state index contributed by atoms with van der Waals surface area (Å²) in [6.45, 7) is 0.563. The van der Waals surface area contributed by atoms with Crippen molar-refractivity contribution in [3.8, 4) is 0 Å². The average molecular weight is 377 g/mol. The van der Waals surface area contributed by atoms with Gasteiger partial charge >= 0.3 is 0 Å². The van der Waals surface area contributed by atoms with E-state index in [0.717, 1.165) is 23.0 Å². The molecule has 96 valence electrons. The summed E-state index contributed by atoms with van der Waals surface area (Å²) >= 11 is 3.72. The third-order valence-corrected chi connectivity index (χ3v) is 4.08. The Labute approximate surface area is 123 Å². The zero-order valence-electron chi connectivity index (χ0n) is 9.87. The Kier molecular flexibility index (Phi) is 4.94. The molecule has 0 fully saturated rings. The van der Waals surface area contributed by atoms with Gasteiger partial charge in [-0.05, 0) is 53.1 Å². The van der Waals surface area contributed by atoms with Gasteiger partial charge in [0.05, 0.1) is 21.6 Å². The second-order valence-electron chi connectivity index (χ2n) is 3.76. The summed E-state index contributed by atoms with van der Waals surface area (Å²) in [4.78, 5) is 0. The monoisotopic (exact) mass is 377 g/mol. The molecule has 0 saturated carbocycles. The molecule has 1 aromatic heterocycles. The van der Waals surface area contributed by atoms with Crippen molar-refractivity contribution < 1.29 is 8.81 Å². The van der Waals surface area contributed by atoms with Crippen LogP contribution >= 0.6 is 34.4 Å². The highest BCUT2D eigenvalue weighted by molar-refractivity contribution is 14.1. The molecule has 0 unspecified atom stereocenters. The molecule has 1 N–H and O–H groups in total. The molecule has 0 spiro atoms. The minimum atomic E-state index is -0.205. The zero-order valence-corrected chi connectivity index (χ0v) is 12.8. The summed E-state index contributed by atoms with van der Waals surface area (Å²) in [5.74, 6) is 2.49. The van der Waals surface area contributed by atoms with Crippen molar-refractivity contribution in [2.75, 3.05) is 11.6 Å². The molecule has 5 heteroatoms. The molecule has 0 aliphatic rings. The van der Waals surface area contributed by atoms with Crippen LogP contribution in [-0.2, 0) is 12.3 Å². The van der Waals surface area contributed by atoms with Crippen LogP contribution in [0.2, 0.25) is 0 Å². The average Bonchev–Trinajstić information content (AvgIpc) is 2.79. The molecule has 0 aliphatic heterocycles. The van der Waals surface area contributed by atoms with Crippen molar-refractivity contribution in [2.24, 2.45) is 0 Å². The van der Waals surface area contributed by atoms with Crippen molar-refractivity contribution >= 4 is 40.0 Å². The van der Waals surface area contributed by atoms with Gasteiger partial charge in [0.2, 0.25) is 0 Å². The summed E-state index contributed by atoms with van der Waals surface area (Å²) in [6, 6.07) is 8.93. The summed E-state index contributed by atoms with van der Waals surface area (Å²) in [5, 5.41) is 3.18. The number of hydrogen-bond donors (Lipinski definition) is 1. The SMILES string of the molecule is CSCc1ccc(CNc2cccc(F)c2I)o1. The minimum absolute atomic E-state index is 0.205. The van der Waals surface area contributed by atoms with Gasteiger partial charge in [-0.1, -0.05) is 6.07 Å². The smallest absolute Gasteiger partial charge is 0.138 e. The molecule has 0 amide bonds. The van der Waals surface area contributed by atoms with Crippen LogP contribution in [-0.4, -0.2) is 6.26 Å². The summed E-state index contributed by atoms with van der Waals surface area (Å²) < 4.78 is 19.6. The van der Waals surface area contributed by atoms with Crippen LogP contribution < -0.4 is 5.32 Å². The van der Waals surface area contributed by atoms with E-state index in [-0.39, 0.29) is 5.82 Å². The van der Waals surface area contributed by atoms with Crippen LogP contribution in [0, 0.1) is 9.39 Å². The molecule has 0 bridgehead atoms. The fourth-order valence-electron chi connectivity index (χ4n) is 1.56. The minimum Gasteiger partial charge on any atom is -0.463 e. The molecule has 0 radical (unpaired) electrons. The summed E-state index contributed by atoms with van der Waals surface area (Å²) in [5.41, 5.74) is 0.790. The highest BCUT2D eigenvalue weighted by Crippen LogP contribution is 2.22. The van der Waals surface area contributed by atoms with E-state index in [4.69, 9.17) is 4.42 Å². The normalized spacial score (nSPS) is 10.6. The van der Waals surface area contributed by atoms with Crippen LogP contribution in [0.15, 0.2) is 34.7 Å². The summed E-state index contributed by atoms with van der Waals surface area (Å²) in [6.07, 6.45) is 2.04. The molecule has 2 aromatic rings. The van der Waals surface area contributed by atoms with Crippen LogP contribution in [0.5, 0.6) is 0 Å². The van der Waals surface area contributed by atoms with Gasteiger partial charge in [0.1, 0.15) is 17.3 Å². The third-order valence-electron chi connectivity index (χ3n) is 2.41. The van der Waals surface area contributed by atoms with Crippen molar-refractivity contribution in [3.63, 3.8) is 0 Å². The first-order chi connectivity index (χ1) is 8.70. The van der Waals surface area contributed by atoms with Gasteiger partial charge in [-0.3, -0.25) is 0 Å². The highest BCUT2D eigenvalue weighted by atomic mass is 127. The third kappa shape index (κ3) is 3.41. The number of benzene rings is 1. The Morgan fingerprint density at radius 2 is 2.06 bits per heavy atom. The number of nitrogens with one attached hydrogen (secondary N) is 1. The lowest BCUT2D eigenvalue weighted by Gasteiger charge is -2.07. The first-order valence-corrected chi connectivity index (χ1v) is 7.92. The topological polar surface area (TPSA) is 25.2 Å². The predicted octanol–water partition coefficient (Wildman–Crippen LogP) is 4.50. The fourth-order valence-corrected chi connectivity index (χ4v) is 2.55. The first kappa shape index (κ1) is 13.7. The van der Waals surface area contributed by atoms with Crippen molar-refractivity contribution in [1.82, 2.24) is 0 Å². The zero-order chi connectivity index (χ0) is 13.0. The second kappa shape index (κ2) is 6.47. The maximum absolute atomic E-state index is 13.3. The first-order valence-electron chi connectivity index (χ1n) is 5.45. The van der Waals surface area contributed by atoms with E-state index >= 15 is 0 Å². The van der Waals surface area contributed by atoms with Crippen molar-refractivity contribution in [2.45, 2.75) is 12.3 Å². The lowest BCUT2D eigenvalue weighted by Crippen LogP contribution is -2.01. The van der Waals surface area contributed by atoms with E-state index in [1.165, 1.54) is 6.07 Å². The highest BCUT2D eigenvalue weighted by Gasteiger charge is 2.06. The lowest BCUT2D eigenvalue weighted by atomic mass is 10.3. The molecule has 0 atom stereocenters. The molecular weight excluding hydrogens is 364 g/mol. The number of hydrogen-bond acceptors (Lipinski definition) is 3. The number of anilines is 1. The Hall–Kier alpha value is -0.690. The Morgan fingerprint density at radius 1 is 1.28 bits per heavy atom. The Bertz CT molecular complexity index is 529. The largest absolute Gasteiger partial charge is 0.463 e. The van der Waals surface area contributed by atoms with Crippen LogP contribution in [0.25, 0.3) is 0 Å². The molecule has 1 heterocycles. The van der Waals surface area contributed by atoms with Gasteiger partial charge in [-0.25, -0.2) is 4.39 Å². The van der Waals surface area contributed by atoms with E-state index in [0.29, 0.717) is 10.1 Å². The van der Waals surface area contributed by atoms with Crippen molar-refractivity contribution in [3.05, 3.63) is 51.2 Å². The van der Waals surface area contributed by atoms with Gasteiger partial charge in [0.25, 0.3) is 0 Å². The quantitative estimate of drug-likeness (QED) is 0.777. The molecule has 0 saturated heterocycles. The van der Waals surface area contributed by atoms with Crippen LogP contribution in [0.3, 0.4) is 0 Å². The maximum Gasteiger partial charge on any atom is 0.138 e. The molecule has 1 aromatic carbocycles. The second-order valence-corrected chi connectivity index (χ2v) is 5.70. The van der Waals surface area contributed by atoms with Crippen LogP contribution in [0.4, 0.5) is 10.1 Å². The standard InChI is InChI=1S/C13H13FINOS/c1-18-8-10-6-5-9(17-10)7-16-12-4-2-3-11(14)13(12)15/h2-6,16H,7-8H2,1H3. The van der Waals surface area contributed by atoms with E-state index in [9.17, 15) is 4.39 Å². The Balaban J connectivity index is 2.00. The molecule has 18 heavy (non-hydrogen) atoms. The molecule has 2 nitrogen and oxygen atoms in total. The number of halogens is 2. The van der Waals surface area contributed by atoms with E-state index < -0.39 is 0 Å². The van der Waals surface area contributed by atoms with Crippen molar-refractivity contribution in [1.29, 1.82) is 0 Å². The summed E-state index contributed by atoms with van der Waals surface area (Å²) in [7, 11) is 0. The molecule has 2 rings (SSSR count). The molecular formula is C13H13FINOS. The number of rotatable bonds is 5. The van der Waals surface area contributed by atoms with E-state index in [1.54, 1.807) is 17.8 Å². The Morgan fingerprint density at radius 3 is 2.83 bits per heavy atom.